The molecule has 0 bridgehead atoms. The lowest BCUT2D eigenvalue weighted by Crippen LogP contribution is -2.21. The summed E-state index contributed by atoms with van der Waals surface area (Å²) >= 11 is 0. The van der Waals surface area contributed by atoms with Crippen LogP contribution in [0, 0.1) is 0 Å². The Hall–Kier alpha value is -1.43. The first kappa shape index (κ1) is 15.6. The Balaban J connectivity index is 2.44. The third kappa shape index (κ3) is 6.33. The first-order valence-electron chi connectivity index (χ1n) is 6.43. The second kappa shape index (κ2) is 9.49. The van der Waals surface area contributed by atoms with Crippen molar-refractivity contribution in [2.75, 3.05) is 38.8 Å². The number of hydrogen-bond donors (Lipinski definition) is 2. The summed E-state index contributed by atoms with van der Waals surface area (Å²) in [5, 5.41) is 6.09. The van der Waals surface area contributed by atoms with Gasteiger partial charge in [-0.15, -0.1) is 0 Å². The van der Waals surface area contributed by atoms with E-state index in [4.69, 9.17) is 9.47 Å². The fraction of sp³-hybridized carbons (Fsp3) is 0.500. The maximum atomic E-state index is 11.7. The quantitative estimate of drug-likeness (QED) is 0.663. The van der Waals surface area contributed by atoms with Gasteiger partial charge in [0.2, 0.25) is 5.91 Å². The second-order valence-corrected chi connectivity index (χ2v) is 4.03. The number of rotatable bonds is 9. The van der Waals surface area contributed by atoms with Gasteiger partial charge in [0, 0.05) is 19.3 Å². The number of methoxy groups -OCH3 is 1. The molecule has 1 amide bonds. The van der Waals surface area contributed by atoms with Crippen molar-refractivity contribution in [3.8, 4) is 0 Å². The lowest BCUT2D eigenvalue weighted by atomic mass is 10.1. The van der Waals surface area contributed by atoms with Crippen molar-refractivity contribution >= 4 is 11.6 Å². The number of para-hydroxylation sites is 1. The molecule has 1 aromatic rings. The van der Waals surface area contributed by atoms with E-state index in [1.165, 1.54) is 0 Å². The first-order chi connectivity index (χ1) is 9.27. The minimum absolute atomic E-state index is 0.0406. The van der Waals surface area contributed by atoms with Gasteiger partial charge >= 0.3 is 0 Å². The van der Waals surface area contributed by atoms with Crippen LogP contribution in [0.15, 0.2) is 24.3 Å². The van der Waals surface area contributed by atoms with Crippen LogP contribution in [0.4, 0.5) is 5.69 Å². The predicted molar refractivity (Wildman–Crippen MR) is 75.1 cm³/mol. The third-order valence-corrected chi connectivity index (χ3v) is 2.52. The van der Waals surface area contributed by atoms with Crippen molar-refractivity contribution in [3.63, 3.8) is 0 Å². The smallest absolute Gasteiger partial charge is 0.250 e. The molecule has 0 heterocycles. The highest BCUT2D eigenvalue weighted by Crippen LogP contribution is 2.14. The fourth-order valence-electron chi connectivity index (χ4n) is 1.55. The number of benzene rings is 1. The van der Waals surface area contributed by atoms with Crippen molar-refractivity contribution < 1.29 is 14.3 Å². The number of nitrogens with one attached hydrogen (secondary N) is 2. The summed E-state index contributed by atoms with van der Waals surface area (Å²) < 4.78 is 10.0. The average molecular weight is 266 g/mol. The summed E-state index contributed by atoms with van der Waals surface area (Å²) in [6, 6.07) is 7.73. The highest BCUT2D eigenvalue weighted by molar-refractivity contribution is 5.92. The van der Waals surface area contributed by atoms with Crippen LogP contribution in [0.5, 0.6) is 0 Å². The number of anilines is 1. The molecule has 0 unspecified atom stereocenters. The van der Waals surface area contributed by atoms with Crippen molar-refractivity contribution in [1.29, 1.82) is 0 Å². The van der Waals surface area contributed by atoms with Gasteiger partial charge in [-0.25, -0.2) is 0 Å². The summed E-state index contributed by atoms with van der Waals surface area (Å²) in [6.45, 7) is 4.62. The van der Waals surface area contributed by atoms with E-state index in [2.05, 4.69) is 10.6 Å². The molecule has 0 spiro atoms. The van der Waals surface area contributed by atoms with E-state index < -0.39 is 0 Å². The standard InChI is InChI=1S/C14H22N2O3/c1-3-15-10-12-6-4-5-7-13(12)16-14(17)11-19-9-8-18-2/h4-7,15H,3,8-11H2,1-2H3,(H,16,17). The van der Waals surface area contributed by atoms with Gasteiger partial charge in [-0.05, 0) is 18.2 Å². The van der Waals surface area contributed by atoms with Gasteiger partial charge in [0.15, 0.2) is 0 Å². The van der Waals surface area contributed by atoms with Crippen LogP contribution in [0.1, 0.15) is 12.5 Å². The van der Waals surface area contributed by atoms with E-state index in [0.29, 0.717) is 13.2 Å². The Bertz CT molecular complexity index is 383. The summed E-state index contributed by atoms with van der Waals surface area (Å²) in [5.74, 6) is -0.153. The Morgan fingerprint density at radius 3 is 2.79 bits per heavy atom. The van der Waals surface area contributed by atoms with E-state index >= 15 is 0 Å². The Labute approximate surface area is 114 Å². The molecule has 5 nitrogen and oxygen atoms in total. The molecule has 2 N–H and O–H groups in total. The predicted octanol–water partition coefficient (Wildman–Crippen LogP) is 1.40. The molecule has 0 aliphatic carbocycles. The van der Waals surface area contributed by atoms with E-state index in [1.807, 2.05) is 31.2 Å². The molecular formula is C14H22N2O3. The molecule has 1 rings (SSSR count). The van der Waals surface area contributed by atoms with Crippen molar-refractivity contribution in [3.05, 3.63) is 29.8 Å². The summed E-state index contributed by atoms with van der Waals surface area (Å²) in [4.78, 5) is 11.7. The van der Waals surface area contributed by atoms with Crippen LogP contribution in [0.2, 0.25) is 0 Å². The maximum absolute atomic E-state index is 11.7. The zero-order valence-electron chi connectivity index (χ0n) is 11.6. The Morgan fingerprint density at radius 1 is 1.26 bits per heavy atom. The first-order valence-corrected chi connectivity index (χ1v) is 6.43. The molecule has 1 aromatic carbocycles. The van der Waals surface area contributed by atoms with Crippen molar-refractivity contribution in [2.24, 2.45) is 0 Å². The van der Waals surface area contributed by atoms with Crippen LogP contribution >= 0.6 is 0 Å². The van der Waals surface area contributed by atoms with Crippen LogP contribution < -0.4 is 10.6 Å². The largest absolute Gasteiger partial charge is 0.382 e. The molecule has 19 heavy (non-hydrogen) atoms. The zero-order chi connectivity index (χ0) is 13.9. The average Bonchev–Trinajstić information content (AvgIpc) is 2.43. The Morgan fingerprint density at radius 2 is 2.05 bits per heavy atom. The van der Waals surface area contributed by atoms with Gasteiger partial charge in [0.1, 0.15) is 6.61 Å². The summed E-state index contributed by atoms with van der Waals surface area (Å²) in [5.41, 5.74) is 1.89. The van der Waals surface area contributed by atoms with Crippen LogP contribution in [0.25, 0.3) is 0 Å². The third-order valence-electron chi connectivity index (χ3n) is 2.52. The van der Waals surface area contributed by atoms with Crippen LogP contribution in [-0.4, -0.2) is 39.4 Å². The number of carbonyl (C=O) groups excluding carboxylic acids is 1. The lowest BCUT2D eigenvalue weighted by molar-refractivity contribution is -0.121. The van der Waals surface area contributed by atoms with E-state index in [-0.39, 0.29) is 12.5 Å². The zero-order valence-corrected chi connectivity index (χ0v) is 11.6. The Kier molecular flexibility index (Phi) is 7.81. The molecule has 0 fully saturated rings. The molecule has 106 valence electrons. The SMILES string of the molecule is CCNCc1ccccc1NC(=O)COCCOC. The molecule has 0 radical (unpaired) electrons. The van der Waals surface area contributed by atoms with Gasteiger partial charge < -0.3 is 20.1 Å². The highest BCUT2D eigenvalue weighted by atomic mass is 16.5. The monoisotopic (exact) mass is 266 g/mol. The van der Waals surface area contributed by atoms with Crippen LogP contribution in [0.3, 0.4) is 0 Å². The number of ether oxygens (including phenoxy) is 2. The number of carbonyl (C=O) groups is 1. The molecule has 0 saturated carbocycles. The number of amides is 1. The highest BCUT2D eigenvalue weighted by Gasteiger charge is 2.06. The van der Waals surface area contributed by atoms with Crippen molar-refractivity contribution in [1.82, 2.24) is 5.32 Å². The molecule has 0 aliphatic heterocycles. The fourth-order valence-corrected chi connectivity index (χ4v) is 1.55. The summed E-state index contributed by atoms with van der Waals surface area (Å²) in [6.07, 6.45) is 0. The molecule has 0 saturated heterocycles. The minimum Gasteiger partial charge on any atom is -0.382 e. The van der Waals surface area contributed by atoms with E-state index in [0.717, 1.165) is 24.3 Å². The van der Waals surface area contributed by atoms with E-state index in [1.54, 1.807) is 7.11 Å². The van der Waals surface area contributed by atoms with Gasteiger partial charge in [0.25, 0.3) is 0 Å². The van der Waals surface area contributed by atoms with Crippen LogP contribution in [-0.2, 0) is 20.8 Å². The van der Waals surface area contributed by atoms with Gasteiger partial charge in [-0.1, -0.05) is 25.1 Å². The molecular weight excluding hydrogens is 244 g/mol. The normalized spacial score (nSPS) is 10.4. The lowest BCUT2D eigenvalue weighted by Gasteiger charge is -2.11. The maximum Gasteiger partial charge on any atom is 0.250 e. The van der Waals surface area contributed by atoms with Crippen molar-refractivity contribution in [2.45, 2.75) is 13.5 Å². The number of hydrogen-bond acceptors (Lipinski definition) is 4. The molecule has 5 heteroatoms. The van der Waals surface area contributed by atoms with Gasteiger partial charge in [0.05, 0.1) is 13.2 Å². The minimum atomic E-state index is -0.153. The molecule has 0 aliphatic rings. The van der Waals surface area contributed by atoms with Gasteiger partial charge in [-0.3, -0.25) is 4.79 Å². The molecule has 0 aromatic heterocycles. The molecule has 0 atom stereocenters. The van der Waals surface area contributed by atoms with E-state index in [9.17, 15) is 4.79 Å². The summed E-state index contributed by atoms with van der Waals surface area (Å²) in [7, 11) is 1.60. The second-order valence-electron chi connectivity index (χ2n) is 4.03. The van der Waals surface area contributed by atoms with Gasteiger partial charge in [-0.2, -0.15) is 0 Å². The topological polar surface area (TPSA) is 59.6 Å².